The molecule has 0 radical (unpaired) electrons. The monoisotopic (exact) mass is 244 g/mol. The molecule has 0 unspecified atom stereocenters. The Morgan fingerprint density at radius 1 is 0.824 bits per heavy atom. The van der Waals surface area contributed by atoms with Crippen LogP contribution in [0, 0.1) is 11.8 Å². The van der Waals surface area contributed by atoms with Crippen LogP contribution in [0.15, 0.2) is 0 Å². The molecule has 2 atom stereocenters. The van der Waals surface area contributed by atoms with Gasteiger partial charge in [-0.3, -0.25) is 0 Å². The first kappa shape index (κ1) is 14.9. The van der Waals surface area contributed by atoms with Crippen molar-refractivity contribution in [3.05, 3.63) is 0 Å². The fourth-order valence-corrected chi connectivity index (χ4v) is 3.17. The molecule has 1 aliphatic rings. The van der Waals surface area contributed by atoms with Crippen LogP contribution in [0.25, 0.3) is 0 Å². The van der Waals surface area contributed by atoms with Crippen molar-refractivity contribution in [1.82, 2.24) is 0 Å². The first-order valence-electron chi connectivity index (χ1n) is 6.87. The van der Waals surface area contributed by atoms with Gasteiger partial charge in [0, 0.05) is 11.8 Å². The minimum atomic E-state index is -0.0987. The predicted octanol–water partition coefficient (Wildman–Crippen LogP) is 1.18. The molecule has 102 valence electrons. The molecule has 1 rings (SSSR count). The first-order chi connectivity index (χ1) is 7.58. The van der Waals surface area contributed by atoms with Gasteiger partial charge in [0.05, 0.1) is 61.5 Å². The fraction of sp³-hybridized carbons (Fsp3) is 1.00. The highest BCUT2D eigenvalue weighted by Crippen LogP contribution is 2.31. The lowest BCUT2D eigenvalue weighted by atomic mass is 9.78. The lowest BCUT2D eigenvalue weighted by molar-refractivity contribution is -0.878. The predicted molar refractivity (Wildman–Crippen MR) is 72.6 cm³/mol. The van der Waals surface area contributed by atoms with E-state index in [1.165, 1.54) is 19.3 Å². The highest BCUT2D eigenvalue weighted by Gasteiger charge is 2.37. The van der Waals surface area contributed by atoms with E-state index in [-0.39, 0.29) is 6.10 Å². The van der Waals surface area contributed by atoms with Crippen LogP contribution in [0.4, 0.5) is 0 Å². The molecule has 3 heteroatoms. The number of hydrogen-bond acceptors (Lipinski definition) is 1. The Hall–Kier alpha value is -0.120. The molecule has 1 N–H and O–H groups in total. The molecule has 0 saturated heterocycles. The van der Waals surface area contributed by atoms with Gasteiger partial charge < -0.3 is 14.1 Å². The summed E-state index contributed by atoms with van der Waals surface area (Å²) >= 11 is 0. The Kier molecular flexibility index (Phi) is 4.61. The normalized spacial score (nSPS) is 28.4. The molecule has 17 heavy (non-hydrogen) atoms. The molecular weight excluding hydrogens is 212 g/mol. The summed E-state index contributed by atoms with van der Waals surface area (Å²) in [5.74, 6) is 0.973. The largest absolute Gasteiger partial charge is 0.392 e. The Morgan fingerprint density at radius 2 is 1.18 bits per heavy atom. The Balaban J connectivity index is 2.59. The maximum atomic E-state index is 10.5. The summed E-state index contributed by atoms with van der Waals surface area (Å²) in [5.41, 5.74) is 0. The van der Waals surface area contributed by atoms with E-state index in [0.29, 0.717) is 11.8 Å². The van der Waals surface area contributed by atoms with Crippen LogP contribution in [0.1, 0.15) is 19.3 Å². The number of rotatable bonds is 4. The number of nitrogens with zero attached hydrogens (tertiary/aromatic N) is 2. The molecule has 0 aliphatic heterocycles. The molecule has 1 fully saturated rings. The second-order valence-corrected chi connectivity index (χ2v) is 7.89. The van der Waals surface area contributed by atoms with E-state index in [1.54, 1.807) is 0 Å². The highest BCUT2D eigenvalue weighted by atomic mass is 16.3. The quantitative estimate of drug-likeness (QED) is 0.736. The van der Waals surface area contributed by atoms with Crippen molar-refractivity contribution in [3.8, 4) is 0 Å². The van der Waals surface area contributed by atoms with Crippen LogP contribution < -0.4 is 0 Å². The zero-order valence-corrected chi connectivity index (χ0v) is 12.6. The average Bonchev–Trinajstić information content (AvgIpc) is 2.07. The Labute approximate surface area is 107 Å². The van der Waals surface area contributed by atoms with Crippen LogP contribution in [0.2, 0.25) is 0 Å². The first-order valence-corrected chi connectivity index (χ1v) is 6.87. The van der Waals surface area contributed by atoms with Gasteiger partial charge in [-0.1, -0.05) is 6.42 Å². The third-order valence-electron chi connectivity index (χ3n) is 3.68. The third kappa shape index (κ3) is 5.36. The van der Waals surface area contributed by atoms with Gasteiger partial charge in [0.1, 0.15) is 0 Å². The summed E-state index contributed by atoms with van der Waals surface area (Å²) in [5, 5.41) is 10.5. The van der Waals surface area contributed by atoms with Gasteiger partial charge in [-0.2, -0.15) is 0 Å². The smallest absolute Gasteiger partial charge is 0.0834 e. The average molecular weight is 244 g/mol. The molecule has 0 spiro atoms. The molecule has 0 aromatic heterocycles. The van der Waals surface area contributed by atoms with Gasteiger partial charge in [0.25, 0.3) is 0 Å². The number of hydrogen-bond donors (Lipinski definition) is 1. The van der Waals surface area contributed by atoms with Gasteiger partial charge in [-0.25, -0.2) is 0 Å². The summed E-state index contributed by atoms with van der Waals surface area (Å²) in [6, 6.07) is 0. The Bertz CT molecular complexity index is 216. The molecule has 1 saturated carbocycles. The molecule has 1 aliphatic carbocycles. The van der Waals surface area contributed by atoms with E-state index in [0.717, 1.165) is 22.1 Å². The standard InChI is InChI=1S/C14H32N2O/c1-15(2,3)10-12-8-7-9-13(14(12)17)11-16(4,5)6/h12-14,17H,7-11H2,1-6H3/q+2/t12-,13-/m1/s1. The van der Waals surface area contributed by atoms with Crippen molar-refractivity contribution in [2.24, 2.45) is 11.8 Å². The summed E-state index contributed by atoms with van der Waals surface area (Å²) in [6.07, 6.45) is 3.58. The molecule has 0 heterocycles. The van der Waals surface area contributed by atoms with E-state index < -0.39 is 0 Å². The maximum Gasteiger partial charge on any atom is 0.0834 e. The van der Waals surface area contributed by atoms with Crippen molar-refractivity contribution < 1.29 is 14.1 Å². The Morgan fingerprint density at radius 3 is 1.47 bits per heavy atom. The van der Waals surface area contributed by atoms with Gasteiger partial charge in [-0.05, 0) is 12.8 Å². The van der Waals surface area contributed by atoms with Crippen molar-refractivity contribution in [1.29, 1.82) is 0 Å². The van der Waals surface area contributed by atoms with Crippen LogP contribution >= 0.6 is 0 Å². The van der Waals surface area contributed by atoms with Crippen molar-refractivity contribution in [2.75, 3.05) is 55.4 Å². The van der Waals surface area contributed by atoms with Gasteiger partial charge in [-0.15, -0.1) is 0 Å². The van der Waals surface area contributed by atoms with Crippen LogP contribution in [-0.2, 0) is 0 Å². The molecule has 3 nitrogen and oxygen atoms in total. The lowest BCUT2D eigenvalue weighted by Gasteiger charge is -2.40. The van der Waals surface area contributed by atoms with Crippen molar-refractivity contribution in [2.45, 2.75) is 25.4 Å². The molecule has 0 aromatic carbocycles. The third-order valence-corrected chi connectivity index (χ3v) is 3.68. The molecular formula is C14H32N2O+2. The molecule has 0 bridgehead atoms. The van der Waals surface area contributed by atoms with E-state index in [4.69, 9.17) is 0 Å². The second-order valence-electron chi connectivity index (χ2n) is 7.89. The van der Waals surface area contributed by atoms with E-state index in [1.807, 2.05) is 0 Å². The zero-order chi connectivity index (χ0) is 13.3. The summed E-state index contributed by atoms with van der Waals surface area (Å²) in [7, 11) is 13.3. The van der Waals surface area contributed by atoms with E-state index in [9.17, 15) is 5.11 Å². The number of aliphatic hydroxyl groups is 1. The zero-order valence-electron chi connectivity index (χ0n) is 12.6. The minimum absolute atomic E-state index is 0.0987. The van der Waals surface area contributed by atoms with Crippen molar-refractivity contribution in [3.63, 3.8) is 0 Å². The van der Waals surface area contributed by atoms with E-state index >= 15 is 0 Å². The van der Waals surface area contributed by atoms with E-state index in [2.05, 4.69) is 42.3 Å². The van der Waals surface area contributed by atoms with Crippen LogP contribution in [0.3, 0.4) is 0 Å². The highest BCUT2D eigenvalue weighted by molar-refractivity contribution is 4.81. The minimum Gasteiger partial charge on any atom is -0.392 e. The number of aliphatic hydroxyl groups excluding tert-OH is 1. The summed E-state index contributed by atoms with van der Waals surface area (Å²) in [4.78, 5) is 0. The van der Waals surface area contributed by atoms with Crippen LogP contribution in [0.5, 0.6) is 0 Å². The summed E-state index contributed by atoms with van der Waals surface area (Å²) in [6.45, 7) is 2.18. The van der Waals surface area contributed by atoms with Crippen LogP contribution in [-0.4, -0.2) is 75.6 Å². The molecule has 0 aromatic rings. The second kappa shape index (κ2) is 5.25. The summed E-state index contributed by atoms with van der Waals surface area (Å²) < 4.78 is 1.91. The fourth-order valence-electron chi connectivity index (χ4n) is 3.17. The lowest BCUT2D eigenvalue weighted by Crippen LogP contribution is -2.50. The maximum absolute atomic E-state index is 10.5. The van der Waals surface area contributed by atoms with Crippen molar-refractivity contribution >= 4 is 0 Å². The van der Waals surface area contributed by atoms with Gasteiger partial charge in [0.15, 0.2) is 0 Å². The number of quaternary nitrogens is 2. The topological polar surface area (TPSA) is 20.2 Å². The SMILES string of the molecule is C[N+](C)(C)C[C@H]1CCC[C@H](C[N+](C)(C)C)C1O. The molecule has 0 amide bonds. The van der Waals surface area contributed by atoms with Gasteiger partial charge >= 0.3 is 0 Å². The van der Waals surface area contributed by atoms with Gasteiger partial charge in [0.2, 0.25) is 0 Å².